The summed E-state index contributed by atoms with van der Waals surface area (Å²) in [6.07, 6.45) is 0.752. The second kappa shape index (κ2) is 8.02. The Morgan fingerprint density at radius 2 is 2.17 bits per heavy atom. The van der Waals surface area contributed by atoms with Crippen LogP contribution in [0.5, 0.6) is 11.5 Å². The first-order valence-corrected chi connectivity index (χ1v) is 8.68. The van der Waals surface area contributed by atoms with Crippen molar-refractivity contribution in [2.45, 2.75) is 26.8 Å². The number of carboxylic acid groups (broad SMARTS) is 1. The van der Waals surface area contributed by atoms with Gasteiger partial charge in [-0.1, -0.05) is 6.92 Å². The van der Waals surface area contributed by atoms with Crippen LogP contribution in [-0.4, -0.2) is 42.8 Å². The summed E-state index contributed by atoms with van der Waals surface area (Å²) < 4.78 is 11.9. The number of ether oxygens (including phenoxy) is 2. The van der Waals surface area contributed by atoms with E-state index >= 15 is 0 Å². The van der Waals surface area contributed by atoms with Crippen LogP contribution in [0.15, 0.2) is 16.6 Å². The molecule has 1 aliphatic heterocycles. The minimum atomic E-state index is -0.702. The Morgan fingerprint density at radius 3 is 2.78 bits per heavy atom. The van der Waals surface area contributed by atoms with Gasteiger partial charge in [0.2, 0.25) is 0 Å². The van der Waals surface area contributed by atoms with Gasteiger partial charge in [-0.25, -0.2) is 0 Å². The van der Waals surface area contributed by atoms with E-state index in [2.05, 4.69) is 27.8 Å². The molecule has 1 saturated heterocycles. The monoisotopic (exact) mass is 385 g/mol. The SMILES string of the molecule is CCOc1c(Br)cc(CN2CC(C)CC(C(=O)O)C2)cc1OC. The molecule has 2 rings (SSSR count). The van der Waals surface area contributed by atoms with Crippen molar-refractivity contribution in [1.29, 1.82) is 0 Å². The lowest BCUT2D eigenvalue weighted by molar-refractivity contribution is -0.144. The van der Waals surface area contributed by atoms with Crippen LogP contribution in [0.2, 0.25) is 0 Å². The summed E-state index contributed by atoms with van der Waals surface area (Å²) in [6.45, 7) is 6.81. The van der Waals surface area contributed by atoms with Gasteiger partial charge in [-0.15, -0.1) is 0 Å². The van der Waals surface area contributed by atoms with Gasteiger partial charge in [-0.2, -0.15) is 0 Å². The van der Waals surface area contributed by atoms with Crippen LogP contribution >= 0.6 is 15.9 Å². The molecule has 0 radical (unpaired) electrons. The zero-order chi connectivity index (χ0) is 17.0. The highest BCUT2D eigenvalue weighted by Gasteiger charge is 2.29. The van der Waals surface area contributed by atoms with E-state index in [4.69, 9.17) is 9.47 Å². The number of carboxylic acids is 1. The van der Waals surface area contributed by atoms with Gasteiger partial charge >= 0.3 is 5.97 Å². The lowest BCUT2D eigenvalue weighted by atomic mass is 9.90. The zero-order valence-electron chi connectivity index (χ0n) is 13.8. The van der Waals surface area contributed by atoms with Crippen LogP contribution in [0.4, 0.5) is 0 Å². The molecule has 2 unspecified atom stereocenters. The standard InChI is InChI=1S/C17H24BrNO4/c1-4-23-16-14(18)6-12(7-15(16)22-3)9-19-8-11(2)5-13(10-19)17(20)21/h6-7,11,13H,4-5,8-10H2,1-3H3,(H,20,21). The van der Waals surface area contributed by atoms with Gasteiger partial charge < -0.3 is 14.6 Å². The van der Waals surface area contributed by atoms with Gasteiger partial charge in [0.15, 0.2) is 11.5 Å². The van der Waals surface area contributed by atoms with Crippen molar-refractivity contribution in [2.75, 3.05) is 26.8 Å². The molecule has 1 aliphatic rings. The Balaban J connectivity index is 2.16. The number of piperidine rings is 1. The predicted molar refractivity (Wildman–Crippen MR) is 92.0 cm³/mol. The smallest absolute Gasteiger partial charge is 0.307 e. The fourth-order valence-corrected chi connectivity index (χ4v) is 3.78. The molecule has 1 aromatic carbocycles. The number of nitrogens with zero attached hydrogens (tertiary/aromatic N) is 1. The minimum absolute atomic E-state index is 0.285. The van der Waals surface area contributed by atoms with Crippen molar-refractivity contribution in [2.24, 2.45) is 11.8 Å². The first-order valence-electron chi connectivity index (χ1n) is 7.88. The van der Waals surface area contributed by atoms with Crippen LogP contribution in [-0.2, 0) is 11.3 Å². The van der Waals surface area contributed by atoms with Crippen LogP contribution in [0, 0.1) is 11.8 Å². The fourth-order valence-electron chi connectivity index (χ4n) is 3.18. The zero-order valence-corrected chi connectivity index (χ0v) is 15.4. The van der Waals surface area contributed by atoms with E-state index in [0.717, 1.165) is 23.0 Å². The minimum Gasteiger partial charge on any atom is -0.493 e. The first kappa shape index (κ1) is 18.1. The van der Waals surface area contributed by atoms with Gasteiger partial charge in [0.1, 0.15) is 0 Å². The van der Waals surface area contributed by atoms with E-state index in [1.165, 1.54) is 0 Å². The lowest BCUT2D eigenvalue weighted by Gasteiger charge is -2.34. The summed E-state index contributed by atoms with van der Waals surface area (Å²) >= 11 is 3.53. The van der Waals surface area contributed by atoms with Crippen molar-refractivity contribution < 1.29 is 19.4 Å². The molecule has 1 N–H and O–H groups in total. The number of halogens is 1. The molecular formula is C17H24BrNO4. The fraction of sp³-hybridized carbons (Fsp3) is 0.588. The lowest BCUT2D eigenvalue weighted by Crippen LogP contribution is -2.41. The largest absolute Gasteiger partial charge is 0.493 e. The highest BCUT2D eigenvalue weighted by atomic mass is 79.9. The number of hydrogen-bond donors (Lipinski definition) is 1. The number of rotatable bonds is 6. The van der Waals surface area contributed by atoms with Crippen molar-refractivity contribution >= 4 is 21.9 Å². The molecule has 6 heteroatoms. The highest BCUT2D eigenvalue weighted by Crippen LogP contribution is 2.37. The highest BCUT2D eigenvalue weighted by molar-refractivity contribution is 9.10. The third-order valence-corrected chi connectivity index (χ3v) is 4.66. The maximum absolute atomic E-state index is 11.3. The van der Waals surface area contributed by atoms with E-state index in [9.17, 15) is 9.90 Å². The quantitative estimate of drug-likeness (QED) is 0.812. The van der Waals surface area contributed by atoms with Crippen molar-refractivity contribution in [3.8, 4) is 11.5 Å². The van der Waals surface area contributed by atoms with Crippen LogP contribution < -0.4 is 9.47 Å². The van der Waals surface area contributed by atoms with E-state index in [1.807, 2.05) is 19.1 Å². The summed E-state index contributed by atoms with van der Waals surface area (Å²) in [6, 6.07) is 3.98. The van der Waals surface area contributed by atoms with Crippen LogP contribution in [0.3, 0.4) is 0 Å². The van der Waals surface area contributed by atoms with Crippen molar-refractivity contribution in [3.63, 3.8) is 0 Å². The van der Waals surface area contributed by atoms with Gasteiger partial charge in [-0.3, -0.25) is 9.69 Å². The number of benzene rings is 1. The summed E-state index contributed by atoms with van der Waals surface area (Å²) in [5, 5.41) is 9.29. The topological polar surface area (TPSA) is 59.0 Å². The average Bonchev–Trinajstić information content (AvgIpc) is 2.49. The van der Waals surface area contributed by atoms with Gasteiger partial charge in [0, 0.05) is 19.6 Å². The summed E-state index contributed by atoms with van der Waals surface area (Å²) in [5.74, 6) is 0.793. The molecular weight excluding hydrogens is 362 g/mol. The van der Waals surface area contributed by atoms with Gasteiger partial charge in [0.25, 0.3) is 0 Å². The van der Waals surface area contributed by atoms with Crippen LogP contribution in [0.1, 0.15) is 25.8 Å². The maximum atomic E-state index is 11.3. The van der Waals surface area contributed by atoms with E-state index in [-0.39, 0.29) is 5.92 Å². The molecule has 0 amide bonds. The summed E-state index contributed by atoms with van der Waals surface area (Å²) in [5.41, 5.74) is 1.08. The Bertz CT molecular complexity index is 564. The van der Waals surface area contributed by atoms with Crippen molar-refractivity contribution in [3.05, 3.63) is 22.2 Å². The number of hydrogen-bond acceptors (Lipinski definition) is 4. The number of aliphatic carboxylic acids is 1. The molecule has 0 aliphatic carbocycles. The van der Waals surface area contributed by atoms with Crippen LogP contribution in [0.25, 0.3) is 0 Å². The normalized spacial score (nSPS) is 21.9. The molecule has 0 spiro atoms. The van der Waals surface area contributed by atoms with Crippen molar-refractivity contribution in [1.82, 2.24) is 4.90 Å². The number of methoxy groups -OCH3 is 1. The summed E-state index contributed by atoms with van der Waals surface area (Å²) in [7, 11) is 1.62. The Morgan fingerprint density at radius 1 is 1.43 bits per heavy atom. The molecule has 1 aromatic rings. The molecule has 0 bridgehead atoms. The third kappa shape index (κ3) is 4.61. The number of likely N-dealkylation sites (tertiary alicyclic amines) is 1. The van der Waals surface area contributed by atoms with E-state index in [0.29, 0.717) is 37.1 Å². The maximum Gasteiger partial charge on any atom is 0.307 e. The Kier molecular flexibility index (Phi) is 6.30. The van der Waals surface area contributed by atoms with Gasteiger partial charge in [0.05, 0.1) is 24.1 Å². The molecule has 128 valence electrons. The molecule has 23 heavy (non-hydrogen) atoms. The number of carbonyl (C=O) groups is 1. The molecule has 5 nitrogen and oxygen atoms in total. The third-order valence-electron chi connectivity index (χ3n) is 4.07. The molecule has 0 saturated carbocycles. The Labute approximate surface area is 145 Å². The molecule has 0 aromatic heterocycles. The Hall–Kier alpha value is -1.27. The second-order valence-electron chi connectivity index (χ2n) is 6.11. The second-order valence-corrected chi connectivity index (χ2v) is 6.97. The molecule has 1 fully saturated rings. The van der Waals surface area contributed by atoms with Gasteiger partial charge in [-0.05, 0) is 52.9 Å². The first-order chi connectivity index (χ1) is 10.9. The predicted octanol–water partition coefficient (Wildman–Crippen LogP) is 3.40. The molecule has 1 heterocycles. The average molecular weight is 386 g/mol. The summed E-state index contributed by atoms with van der Waals surface area (Å²) in [4.78, 5) is 13.5. The van der Waals surface area contributed by atoms with E-state index in [1.54, 1.807) is 7.11 Å². The molecule has 2 atom stereocenters. The van der Waals surface area contributed by atoms with E-state index < -0.39 is 5.97 Å².